The molecule has 1 aliphatic heterocycles. The largest absolute Gasteiger partial charge is 0.373 e. The summed E-state index contributed by atoms with van der Waals surface area (Å²) >= 11 is 0. The molecule has 144 valence electrons. The van der Waals surface area contributed by atoms with Gasteiger partial charge in [-0.15, -0.1) is 0 Å². The van der Waals surface area contributed by atoms with Gasteiger partial charge < -0.3 is 14.5 Å². The molecule has 1 aliphatic carbocycles. The van der Waals surface area contributed by atoms with Crippen molar-refractivity contribution in [1.82, 2.24) is 9.80 Å². The standard InChI is InChI=1S/C24H32N2O/c1-25-13-15-26(16-14-25)12-7-17-27-24-22(18-20-8-3-2-4-9-20)19-21-10-5-6-11-23(21)24/h2-6,8-11,22,24H,7,12-19H2,1H3/t22-,24+/m1/s1. The number of hydrogen-bond donors (Lipinski definition) is 0. The maximum atomic E-state index is 6.49. The van der Waals surface area contributed by atoms with Crippen LogP contribution in [0.25, 0.3) is 0 Å². The third-order valence-corrected chi connectivity index (χ3v) is 6.12. The van der Waals surface area contributed by atoms with Gasteiger partial charge in [0.15, 0.2) is 0 Å². The maximum Gasteiger partial charge on any atom is 0.0862 e. The molecule has 2 aromatic carbocycles. The zero-order chi connectivity index (χ0) is 18.5. The summed E-state index contributed by atoms with van der Waals surface area (Å²) in [6.45, 7) is 6.78. The molecule has 2 aromatic rings. The van der Waals surface area contributed by atoms with Gasteiger partial charge in [-0.1, -0.05) is 54.6 Å². The highest BCUT2D eigenvalue weighted by Gasteiger charge is 2.32. The molecule has 0 N–H and O–H groups in total. The second kappa shape index (κ2) is 9.01. The van der Waals surface area contributed by atoms with E-state index in [0.29, 0.717) is 5.92 Å². The molecule has 0 bridgehead atoms. The van der Waals surface area contributed by atoms with E-state index in [1.165, 1.54) is 42.9 Å². The SMILES string of the molecule is CN1CCN(CCCO[C@@H]2c3ccccc3C[C@H]2Cc2ccccc2)CC1. The van der Waals surface area contributed by atoms with Crippen LogP contribution in [0.2, 0.25) is 0 Å². The lowest BCUT2D eigenvalue weighted by molar-refractivity contribution is 0.0135. The molecule has 27 heavy (non-hydrogen) atoms. The Hall–Kier alpha value is -1.68. The molecule has 1 fully saturated rings. The first-order valence-electron chi connectivity index (χ1n) is 10.4. The van der Waals surface area contributed by atoms with Crippen molar-refractivity contribution >= 4 is 0 Å². The van der Waals surface area contributed by atoms with E-state index < -0.39 is 0 Å². The molecule has 1 saturated heterocycles. The molecule has 3 nitrogen and oxygen atoms in total. The highest BCUT2D eigenvalue weighted by Crippen LogP contribution is 2.40. The molecule has 0 spiro atoms. The fraction of sp³-hybridized carbons (Fsp3) is 0.500. The van der Waals surface area contributed by atoms with Gasteiger partial charge in [-0.2, -0.15) is 0 Å². The zero-order valence-electron chi connectivity index (χ0n) is 16.5. The Bertz CT molecular complexity index is 709. The number of piperazine rings is 1. The number of likely N-dealkylation sites (N-methyl/N-ethyl adjacent to an activating group) is 1. The van der Waals surface area contributed by atoms with Gasteiger partial charge in [0.1, 0.15) is 0 Å². The lowest BCUT2D eigenvalue weighted by Crippen LogP contribution is -2.44. The van der Waals surface area contributed by atoms with Crippen LogP contribution in [0.4, 0.5) is 0 Å². The summed E-state index contributed by atoms with van der Waals surface area (Å²) in [6, 6.07) is 19.7. The van der Waals surface area contributed by atoms with Gasteiger partial charge in [-0.05, 0) is 48.9 Å². The molecule has 0 aromatic heterocycles. The van der Waals surface area contributed by atoms with E-state index in [9.17, 15) is 0 Å². The first-order valence-corrected chi connectivity index (χ1v) is 10.4. The zero-order valence-corrected chi connectivity index (χ0v) is 16.5. The Kier molecular flexibility index (Phi) is 6.23. The van der Waals surface area contributed by atoms with Gasteiger partial charge in [0.05, 0.1) is 6.10 Å². The fourth-order valence-corrected chi connectivity index (χ4v) is 4.53. The van der Waals surface area contributed by atoms with Crippen LogP contribution in [0.15, 0.2) is 54.6 Å². The number of rotatable bonds is 7. The van der Waals surface area contributed by atoms with Crippen LogP contribution in [0.5, 0.6) is 0 Å². The van der Waals surface area contributed by atoms with E-state index in [0.717, 1.165) is 32.4 Å². The number of benzene rings is 2. The van der Waals surface area contributed by atoms with E-state index in [-0.39, 0.29) is 6.10 Å². The summed E-state index contributed by atoms with van der Waals surface area (Å²) in [5, 5.41) is 0. The Balaban J connectivity index is 1.33. The smallest absolute Gasteiger partial charge is 0.0862 e. The van der Waals surface area contributed by atoms with E-state index in [2.05, 4.69) is 71.4 Å². The predicted octanol–water partition coefficient (Wildman–Crippen LogP) is 3.80. The molecule has 2 aliphatic rings. The van der Waals surface area contributed by atoms with Gasteiger partial charge in [-0.25, -0.2) is 0 Å². The minimum absolute atomic E-state index is 0.244. The summed E-state index contributed by atoms with van der Waals surface area (Å²) in [4.78, 5) is 4.99. The Morgan fingerprint density at radius 3 is 2.48 bits per heavy atom. The average Bonchev–Trinajstić information content (AvgIpc) is 3.04. The Morgan fingerprint density at radius 2 is 1.67 bits per heavy atom. The number of hydrogen-bond acceptors (Lipinski definition) is 3. The molecule has 0 radical (unpaired) electrons. The van der Waals surface area contributed by atoms with Crippen molar-refractivity contribution < 1.29 is 4.74 Å². The number of nitrogens with zero attached hydrogens (tertiary/aromatic N) is 2. The second-order valence-corrected chi connectivity index (χ2v) is 8.14. The van der Waals surface area contributed by atoms with Crippen LogP contribution < -0.4 is 0 Å². The quantitative estimate of drug-likeness (QED) is 0.695. The average molecular weight is 365 g/mol. The van der Waals surface area contributed by atoms with Crippen LogP contribution in [-0.2, 0) is 17.6 Å². The maximum absolute atomic E-state index is 6.49. The molecule has 2 atom stereocenters. The number of fused-ring (bicyclic) bond motifs is 1. The van der Waals surface area contributed by atoms with Gasteiger partial charge in [0, 0.05) is 39.3 Å². The summed E-state index contributed by atoms with van der Waals surface area (Å²) in [6.07, 6.45) is 3.60. The topological polar surface area (TPSA) is 15.7 Å². The Morgan fingerprint density at radius 1 is 0.926 bits per heavy atom. The van der Waals surface area contributed by atoms with Gasteiger partial charge in [0.2, 0.25) is 0 Å². The van der Waals surface area contributed by atoms with Crippen molar-refractivity contribution in [2.24, 2.45) is 5.92 Å². The van der Waals surface area contributed by atoms with Crippen LogP contribution in [-0.4, -0.2) is 56.2 Å². The van der Waals surface area contributed by atoms with Crippen molar-refractivity contribution in [2.45, 2.75) is 25.4 Å². The molecular formula is C24H32N2O. The molecule has 0 unspecified atom stereocenters. The van der Waals surface area contributed by atoms with Crippen molar-refractivity contribution in [3.05, 3.63) is 71.3 Å². The normalized spacial score (nSPS) is 23.4. The minimum Gasteiger partial charge on any atom is -0.373 e. The van der Waals surface area contributed by atoms with Gasteiger partial charge >= 0.3 is 0 Å². The lowest BCUT2D eigenvalue weighted by Gasteiger charge is -2.32. The van der Waals surface area contributed by atoms with Gasteiger partial charge in [-0.3, -0.25) is 0 Å². The highest BCUT2D eigenvalue weighted by molar-refractivity contribution is 5.35. The predicted molar refractivity (Wildman–Crippen MR) is 111 cm³/mol. The molecular weight excluding hydrogens is 332 g/mol. The van der Waals surface area contributed by atoms with Gasteiger partial charge in [0.25, 0.3) is 0 Å². The van der Waals surface area contributed by atoms with Crippen molar-refractivity contribution in [2.75, 3.05) is 46.4 Å². The highest BCUT2D eigenvalue weighted by atomic mass is 16.5. The van der Waals surface area contributed by atoms with Crippen LogP contribution in [0, 0.1) is 5.92 Å². The third-order valence-electron chi connectivity index (χ3n) is 6.12. The summed E-state index contributed by atoms with van der Waals surface area (Å²) in [7, 11) is 2.21. The molecule has 0 saturated carbocycles. The van der Waals surface area contributed by atoms with Crippen LogP contribution in [0.3, 0.4) is 0 Å². The molecule has 0 amide bonds. The lowest BCUT2D eigenvalue weighted by atomic mass is 9.94. The van der Waals surface area contributed by atoms with E-state index in [4.69, 9.17) is 4.74 Å². The monoisotopic (exact) mass is 364 g/mol. The van der Waals surface area contributed by atoms with E-state index in [1.807, 2.05) is 0 Å². The van der Waals surface area contributed by atoms with E-state index >= 15 is 0 Å². The fourth-order valence-electron chi connectivity index (χ4n) is 4.53. The molecule has 1 heterocycles. The summed E-state index contributed by atoms with van der Waals surface area (Å²) in [5.74, 6) is 0.549. The minimum atomic E-state index is 0.244. The third kappa shape index (κ3) is 4.78. The van der Waals surface area contributed by atoms with Crippen molar-refractivity contribution in [3.63, 3.8) is 0 Å². The number of ether oxygens (including phenoxy) is 1. The first kappa shape index (κ1) is 18.7. The summed E-state index contributed by atoms with van der Waals surface area (Å²) < 4.78 is 6.49. The summed E-state index contributed by atoms with van der Waals surface area (Å²) in [5.41, 5.74) is 4.31. The van der Waals surface area contributed by atoms with Crippen molar-refractivity contribution in [1.29, 1.82) is 0 Å². The van der Waals surface area contributed by atoms with Crippen LogP contribution in [0.1, 0.15) is 29.2 Å². The Labute approximate surface area is 163 Å². The van der Waals surface area contributed by atoms with E-state index in [1.54, 1.807) is 0 Å². The first-order chi connectivity index (χ1) is 13.3. The second-order valence-electron chi connectivity index (χ2n) is 8.14. The molecule has 3 heteroatoms. The van der Waals surface area contributed by atoms with Crippen LogP contribution >= 0.6 is 0 Å². The van der Waals surface area contributed by atoms with Crippen molar-refractivity contribution in [3.8, 4) is 0 Å². The molecule has 4 rings (SSSR count).